The summed E-state index contributed by atoms with van der Waals surface area (Å²) in [6, 6.07) is 12.6. The van der Waals surface area contributed by atoms with Gasteiger partial charge in [0.2, 0.25) is 5.91 Å². The molecule has 8 nitrogen and oxygen atoms in total. The highest BCUT2D eigenvalue weighted by atomic mass is 16.4. The molecule has 6 N–H and O–H groups in total. The van der Waals surface area contributed by atoms with Gasteiger partial charge < -0.3 is 26.6 Å². The summed E-state index contributed by atoms with van der Waals surface area (Å²) in [6.45, 7) is 0.566. The predicted octanol–water partition coefficient (Wildman–Crippen LogP) is 3.45. The van der Waals surface area contributed by atoms with Crippen LogP contribution in [0.2, 0.25) is 0 Å². The molecule has 0 heterocycles. The van der Waals surface area contributed by atoms with E-state index in [1.165, 1.54) is 6.07 Å². The molecule has 2 amide bonds. The fourth-order valence-corrected chi connectivity index (χ4v) is 3.37. The largest absolute Gasteiger partial charge is 0.507 e. The minimum atomic E-state index is -1.04. The van der Waals surface area contributed by atoms with Crippen molar-refractivity contribution < 1.29 is 24.6 Å². The van der Waals surface area contributed by atoms with E-state index in [1.54, 1.807) is 42.5 Å². The van der Waals surface area contributed by atoms with Gasteiger partial charge in [0.25, 0.3) is 5.91 Å². The van der Waals surface area contributed by atoms with Gasteiger partial charge in [0, 0.05) is 18.7 Å². The van der Waals surface area contributed by atoms with E-state index in [0.717, 1.165) is 44.1 Å². The lowest BCUT2D eigenvalue weighted by Crippen LogP contribution is -2.32. The summed E-state index contributed by atoms with van der Waals surface area (Å²) in [6.07, 6.45) is 6.38. The summed E-state index contributed by atoms with van der Waals surface area (Å²) in [5.74, 6) is -1.37. The molecule has 0 saturated carbocycles. The molecule has 2 aromatic rings. The molecule has 33 heavy (non-hydrogen) atoms. The van der Waals surface area contributed by atoms with Crippen LogP contribution in [-0.2, 0) is 16.0 Å². The Morgan fingerprint density at radius 3 is 2.18 bits per heavy atom. The van der Waals surface area contributed by atoms with Crippen molar-refractivity contribution in [3.8, 4) is 5.75 Å². The molecule has 0 bridgehead atoms. The fraction of sp³-hybridized carbons (Fsp3) is 0.400. The van der Waals surface area contributed by atoms with E-state index in [4.69, 9.17) is 10.8 Å². The summed E-state index contributed by atoms with van der Waals surface area (Å²) in [4.78, 5) is 34.9. The van der Waals surface area contributed by atoms with Gasteiger partial charge in [-0.2, -0.15) is 0 Å². The zero-order valence-corrected chi connectivity index (χ0v) is 18.8. The van der Waals surface area contributed by atoms with Crippen LogP contribution < -0.4 is 16.4 Å². The van der Waals surface area contributed by atoms with E-state index in [0.29, 0.717) is 18.7 Å². The van der Waals surface area contributed by atoms with Gasteiger partial charge in [-0.05, 0) is 49.1 Å². The number of amides is 2. The topological polar surface area (TPSA) is 142 Å². The molecule has 0 aliphatic heterocycles. The van der Waals surface area contributed by atoms with Crippen LogP contribution in [0.1, 0.15) is 60.9 Å². The Labute approximate surface area is 194 Å². The number of hydrogen-bond acceptors (Lipinski definition) is 5. The molecule has 1 atom stereocenters. The molecule has 2 aromatic carbocycles. The number of carboxylic acids is 1. The summed E-state index contributed by atoms with van der Waals surface area (Å²) >= 11 is 0. The lowest BCUT2D eigenvalue weighted by atomic mass is 10.1. The highest BCUT2D eigenvalue weighted by molar-refractivity contribution is 5.96. The summed E-state index contributed by atoms with van der Waals surface area (Å²) in [5.41, 5.74) is 7.30. The van der Waals surface area contributed by atoms with Crippen LogP contribution in [0.4, 0.5) is 5.69 Å². The average molecular weight is 456 g/mol. The lowest BCUT2D eigenvalue weighted by molar-refractivity contribution is -0.138. The van der Waals surface area contributed by atoms with E-state index >= 15 is 0 Å². The number of unbranched alkanes of at least 4 members (excludes halogenated alkanes) is 5. The maximum atomic E-state index is 12.1. The third kappa shape index (κ3) is 9.74. The Kier molecular flexibility index (Phi) is 10.9. The van der Waals surface area contributed by atoms with E-state index in [9.17, 15) is 19.5 Å². The zero-order chi connectivity index (χ0) is 24.1. The van der Waals surface area contributed by atoms with E-state index < -0.39 is 12.0 Å². The first-order valence-electron chi connectivity index (χ1n) is 11.3. The number of carbonyl (C=O) groups is 3. The van der Waals surface area contributed by atoms with Gasteiger partial charge >= 0.3 is 5.97 Å². The number of phenols is 1. The number of anilines is 1. The zero-order valence-electron chi connectivity index (χ0n) is 18.8. The fourth-order valence-electron chi connectivity index (χ4n) is 3.37. The van der Waals surface area contributed by atoms with E-state index in [-0.39, 0.29) is 29.5 Å². The van der Waals surface area contributed by atoms with Gasteiger partial charge in [-0.25, -0.2) is 0 Å². The monoisotopic (exact) mass is 455 g/mol. The number of aliphatic carboxylic acids is 1. The SMILES string of the molecule is N[C@@H](Cc1ccc(NC(=O)CCCCCCCCNC(=O)c2ccccc2O)cc1)C(=O)O. The quantitative estimate of drug-likeness (QED) is 0.276. The van der Waals surface area contributed by atoms with Gasteiger partial charge in [-0.15, -0.1) is 0 Å². The van der Waals surface area contributed by atoms with Gasteiger partial charge in [0.1, 0.15) is 11.8 Å². The molecule has 0 saturated heterocycles. The smallest absolute Gasteiger partial charge is 0.320 e. The van der Waals surface area contributed by atoms with Crippen LogP contribution in [0.15, 0.2) is 48.5 Å². The molecule has 0 fully saturated rings. The average Bonchev–Trinajstić information content (AvgIpc) is 2.79. The highest BCUT2D eigenvalue weighted by Crippen LogP contribution is 2.15. The number of nitrogens with one attached hydrogen (secondary N) is 2. The van der Waals surface area contributed by atoms with Gasteiger partial charge in [0.15, 0.2) is 0 Å². The molecule has 8 heteroatoms. The Bertz CT molecular complexity index is 915. The van der Waals surface area contributed by atoms with E-state index in [1.807, 2.05) is 0 Å². The molecular formula is C25H33N3O5. The molecule has 178 valence electrons. The van der Waals surface area contributed by atoms with Crippen LogP contribution in [0.25, 0.3) is 0 Å². The number of carboxylic acid groups (broad SMARTS) is 1. The summed E-state index contributed by atoms with van der Waals surface area (Å²) in [5, 5.41) is 24.2. The third-order valence-electron chi connectivity index (χ3n) is 5.28. The molecule has 2 rings (SSSR count). The van der Waals surface area contributed by atoms with Crippen molar-refractivity contribution in [2.75, 3.05) is 11.9 Å². The minimum absolute atomic E-state index is 0.0171. The molecule has 0 aliphatic rings. The maximum absolute atomic E-state index is 12.1. The van der Waals surface area contributed by atoms with Crippen molar-refractivity contribution in [3.63, 3.8) is 0 Å². The van der Waals surface area contributed by atoms with Crippen molar-refractivity contribution in [2.24, 2.45) is 5.73 Å². The summed E-state index contributed by atoms with van der Waals surface area (Å²) in [7, 11) is 0. The number of carbonyl (C=O) groups excluding carboxylic acids is 2. The molecule has 0 aliphatic carbocycles. The number of hydrogen-bond donors (Lipinski definition) is 5. The third-order valence-corrected chi connectivity index (χ3v) is 5.28. The minimum Gasteiger partial charge on any atom is -0.507 e. The molecule has 0 unspecified atom stereocenters. The van der Waals surface area contributed by atoms with Crippen LogP contribution in [0, 0.1) is 0 Å². The second-order valence-corrected chi connectivity index (χ2v) is 8.04. The Morgan fingerprint density at radius 1 is 0.879 bits per heavy atom. The Morgan fingerprint density at radius 2 is 1.52 bits per heavy atom. The second kappa shape index (κ2) is 13.9. The first kappa shape index (κ1) is 25.9. The number of rotatable bonds is 14. The normalized spacial score (nSPS) is 11.5. The van der Waals surface area contributed by atoms with Gasteiger partial charge in [0.05, 0.1) is 5.56 Å². The predicted molar refractivity (Wildman–Crippen MR) is 127 cm³/mol. The molecule has 0 aromatic heterocycles. The van der Waals surface area contributed by atoms with Gasteiger partial charge in [-0.3, -0.25) is 14.4 Å². The maximum Gasteiger partial charge on any atom is 0.320 e. The van der Waals surface area contributed by atoms with Crippen LogP contribution in [-0.4, -0.2) is 40.6 Å². The second-order valence-electron chi connectivity index (χ2n) is 8.04. The van der Waals surface area contributed by atoms with E-state index in [2.05, 4.69) is 10.6 Å². The highest BCUT2D eigenvalue weighted by Gasteiger charge is 2.12. The number of para-hydroxylation sites is 1. The molecule has 0 radical (unpaired) electrons. The molecular weight excluding hydrogens is 422 g/mol. The van der Waals surface area contributed by atoms with Crippen molar-refractivity contribution in [3.05, 3.63) is 59.7 Å². The summed E-state index contributed by atoms with van der Waals surface area (Å²) < 4.78 is 0. The number of aromatic hydroxyl groups is 1. The van der Waals surface area contributed by atoms with Crippen molar-refractivity contribution in [1.29, 1.82) is 0 Å². The number of nitrogens with two attached hydrogens (primary N) is 1. The van der Waals surface area contributed by atoms with Crippen molar-refractivity contribution in [1.82, 2.24) is 5.32 Å². The Balaban J connectivity index is 1.50. The number of benzene rings is 2. The van der Waals surface area contributed by atoms with Crippen molar-refractivity contribution in [2.45, 2.75) is 57.4 Å². The first-order chi connectivity index (χ1) is 15.9. The Hall–Kier alpha value is -3.39. The number of phenolic OH excluding ortho intramolecular Hbond substituents is 1. The van der Waals surface area contributed by atoms with Crippen LogP contribution >= 0.6 is 0 Å². The lowest BCUT2D eigenvalue weighted by Gasteiger charge is -2.09. The van der Waals surface area contributed by atoms with Gasteiger partial charge in [-0.1, -0.05) is 49.9 Å². The first-order valence-corrected chi connectivity index (χ1v) is 11.3. The van der Waals surface area contributed by atoms with Crippen molar-refractivity contribution >= 4 is 23.5 Å². The van der Waals surface area contributed by atoms with Crippen LogP contribution in [0.5, 0.6) is 5.75 Å². The van der Waals surface area contributed by atoms with Crippen LogP contribution in [0.3, 0.4) is 0 Å². The molecule has 0 spiro atoms. The standard InChI is InChI=1S/C25H33N3O5/c26-21(25(32)33)17-18-12-14-19(15-13-18)28-23(30)11-5-3-1-2-4-8-16-27-24(31)20-9-6-7-10-22(20)29/h6-7,9-10,12-15,21,29H,1-5,8,11,16-17,26H2,(H,27,31)(H,28,30)(H,32,33)/t21-/m0/s1.